The second-order valence-corrected chi connectivity index (χ2v) is 12.0. The Morgan fingerprint density at radius 2 is 1.07 bits per heavy atom. The second kappa shape index (κ2) is 5.52. The van der Waals surface area contributed by atoms with Crippen LogP contribution in [0, 0.1) is 0 Å². The minimum Gasteiger partial charge on any atom is -0.0850 e. The zero-order chi connectivity index (χ0) is 10.7. The minimum atomic E-state index is -1.54. The highest BCUT2D eigenvalue weighted by Crippen LogP contribution is 2.66. The van der Waals surface area contributed by atoms with Crippen molar-refractivity contribution in [3.8, 4) is 0 Å². The molecule has 0 radical (unpaired) electrons. The molecule has 0 spiro atoms. The molecule has 0 saturated heterocycles. The predicted molar refractivity (Wildman–Crippen MR) is 73.9 cm³/mol. The molecule has 3 heteroatoms. The Morgan fingerprint density at radius 3 is 1.40 bits per heavy atom. The van der Waals surface area contributed by atoms with Gasteiger partial charge in [-0.2, -0.15) is 0 Å². The topological polar surface area (TPSA) is 0 Å². The lowest BCUT2D eigenvalue weighted by Crippen LogP contribution is -2.20. The summed E-state index contributed by atoms with van der Waals surface area (Å²) in [5.41, 5.74) is 1.46. The fraction of sp³-hybridized carbons (Fsp3) is 1.00. The van der Waals surface area contributed by atoms with Crippen molar-refractivity contribution >= 4 is 28.4 Å². The van der Waals surface area contributed by atoms with E-state index in [9.17, 15) is 0 Å². The van der Waals surface area contributed by atoms with Gasteiger partial charge in [0.1, 0.15) is 0 Å². The van der Waals surface area contributed by atoms with Gasteiger partial charge in [0.15, 0.2) is 0 Å². The van der Waals surface area contributed by atoms with Gasteiger partial charge in [-0.25, -0.2) is 0 Å². The van der Waals surface area contributed by atoms with Crippen LogP contribution in [-0.2, 0) is 11.8 Å². The molecular weight excluding hydrogens is 243 g/mol. The van der Waals surface area contributed by atoms with Gasteiger partial charge in [0.25, 0.3) is 0 Å². The zero-order valence-corrected chi connectivity index (χ0v) is 11.9. The molecule has 0 unspecified atom stereocenters. The molecule has 0 N–H and O–H groups in total. The Morgan fingerprint density at radius 1 is 0.733 bits per heavy atom. The maximum Gasteiger partial charge on any atom is 0.0446 e. The first kappa shape index (κ1) is 12.4. The molecule has 2 fully saturated rings. The quantitative estimate of drug-likeness (QED) is 0.611. The molecule has 2 rings (SSSR count). The monoisotopic (exact) mass is 264 g/mol. The standard InChI is InChI=1S/C12H22ClPS/c13-14(15,11-7-3-1-4-8-11)12-9-5-2-6-10-12/h11-12H,1-10H2. The second-order valence-electron chi connectivity index (χ2n) is 5.21. The molecule has 2 aliphatic carbocycles. The molecule has 0 aromatic heterocycles. The van der Waals surface area contributed by atoms with Crippen LogP contribution in [0.2, 0.25) is 0 Å². The van der Waals surface area contributed by atoms with E-state index in [1.54, 1.807) is 0 Å². The van der Waals surface area contributed by atoms with Gasteiger partial charge in [0, 0.05) is 16.7 Å². The maximum absolute atomic E-state index is 6.82. The van der Waals surface area contributed by atoms with E-state index < -0.39 is 5.39 Å². The van der Waals surface area contributed by atoms with Crippen molar-refractivity contribution in [3.05, 3.63) is 0 Å². The van der Waals surface area contributed by atoms with Crippen LogP contribution in [0.3, 0.4) is 0 Å². The molecule has 0 aromatic carbocycles. The first-order valence-electron chi connectivity index (χ1n) is 6.50. The van der Waals surface area contributed by atoms with Crippen molar-refractivity contribution in [3.63, 3.8) is 0 Å². The SMILES string of the molecule is S=P(Cl)(C1CCCCC1)C1CCCCC1. The lowest BCUT2D eigenvalue weighted by molar-refractivity contribution is 0.487. The Labute approximate surface area is 104 Å². The van der Waals surface area contributed by atoms with Crippen molar-refractivity contribution in [1.29, 1.82) is 0 Å². The zero-order valence-electron chi connectivity index (χ0n) is 9.46. The van der Waals surface area contributed by atoms with Crippen LogP contribution in [0.15, 0.2) is 0 Å². The third-order valence-corrected chi connectivity index (χ3v) is 10.6. The largest absolute Gasteiger partial charge is 0.0850 e. The Kier molecular flexibility index (Phi) is 4.56. The number of rotatable bonds is 2. The van der Waals surface area contributed by atoms with Gasteiger partial charge in [-0.15, -0.1) is 0 Å². The van der Waals surface area contributed by atoms with Gasteiger partial charge < -0.3 is 0 Å². The molecule has 0 aliphatic heterocycles. The van der Waals surface area contributed by atoms with Crippen molar-refractivity contribution in [2.75, 3.05) is 0 Å². The first-order valence-corrected chi connectivity index (χ1v) is 10.3. The maximum atomic E-state index is 6.82. The molecule has 0 atom stereocenters. The average Bonchev–Trinajstić information content (AvgIpc) is 2.31. The summed E-state index contributed by atoms with van der Waals surface area (Å²) in [6, 6.07) is 0. The van der Waals surface area contributed by atoms with Crippen LogP contribution < -0.4 is 0 Å². The fourth-order valence-electron chi connectivity index (χ4n) is 3.16. The van der Waals surface area contributed by atoms with Crippen molar-refractivity contribution in [2.45, 2.75) is 75.5 Å². The van der Waals surface area contributed by atoms with E-state index in [2.05, 4.69) is 0 Å². The summed E-state index contributed by atoms with van der Waals surface area (Å²) in [6.07, 6.45) is 13.7. The van der Waals surface area contributed by atoms with E-state index in [4.69, 9.17) is 23.0 Å². The molecule has 0 amide bonds. The highest BCUT2D eigenvalue weighted by molar-refractivity contribution is 8.27. The van der Waals surface area contributed by atoms with E-state index in [0.29, 0.717) is 0 Å². The van der Waals surface area contributed by atoms with E-state index in [1.165, 1.54) is 64.2 Å². The highest BCUT2D eigenvalue weighted by atomic mass is 35.7. The molecule has 0 aromatic rings. The summed E-state index contributed by atoms with van der Waals surface area (Å²) in [6.45, 7) is 0. The number of halogens is 1. The molecular formula is C12H22ClPS. The van der Waals surface area contributed by atoms with Crippen molar-refractivity contribution < 1.29 is 0 Å². The van der Waals surface area contributed by atoms with Crippen LogP contribution in [-0.4, -0.2) is 11.3 Å². The third kappa shape index (κ3) is 2.99. The predicted octanol–water partition coefficient (Wildman–Crippen LogP) is 5.29. The Hall–Kier alpha value is 0.940. The van der Waals surface area contributed by atoms with Gasteiger partial charge in [-0.05, 0) is 25.7 Å². The van der Waals surface area contributed by atoms with Gasteiger partial charge in [-0.1, -0.05) is 61.6 Å². The van der Waals surface area contributed by atoms with Crippen molar-refractivity contribution in [2.24, 2.45) is 0 Å². The number of hydrogen-bond donors (Lipinski definition) is 0. The van der Waals surface area contributed by atoms with Crippen LogP contribution >= 0.6 is 16.6 Å². The van der Waals surface area contributed by atoms with Crippen LogP contribution in [0.5, 0.6) is 0 Å². The molecule has 0 bridgehead atoms. The first-order chi connectivity index (χ1) is 7.21. The number of hydrogen-bond acceptors (Lipinski definition) is 1. The van der Waals surface area contributed by atoms with E-state index >= 15 is 0 Å². The summed E-state index contributed by atoms with van der Waals surface area (Å²) in [7, 11) is 0. The van der Waals surface area contributed by atoms with E-state index in [-0.39, 0.29) is 0 Å². The van der Waals surface area contributed by atoms with Gasteiger partial charge in [0.05, 0.1) is 0 Å². The lowest BCUT2D eigenvalue weighted by Gasteiger charge is -2.36. The van der Waals surface area contributed by atoms with Crippen LogP contribution in [0.1, 0.15) is 64.2 Å². The molecule has 2 aliphatic rings. The Balaban J connectivity index is 1.99. The summed E-state index contributed by atoms with van der Waals surface area (Å²) < 4.78 is 0. The average molecular weight is 265 g/mol. The van der Waals surface area contributed by atoms with Gasteiger partial charge in [-0.3, -0.25) is 0 Å². The van der Waals surface area contributed by atoms with E-state index in [0.717, 1.165) is 11.3 Å². The summed E-state index contributed by atoms with van der Waals surface area (Å²) in [4.78, 5) is 0. The smallest absolute Gasteiger partial charge is 0.0446 e. The Bertz CT molecular complexity index is 220. The normalized spacial score (nSPS) is 26.7. The minimum absolute atomic E-state index is 0.728. The molecule has 88 valence electrons. The van der Waals surface area contributed by atoms with Gasteiger partial charge >= 0.3 is 0 Å². The molecule has 2 saturated carbocycles. The summed E-state index contributed by atoms with van der Waals surface area (Å²) in [5.74, 6) is 0. The lowest BCUT2D eigenvalue weighted by atomic mass is 10.00. The van der Waals surface area contributed by atoms with Crippen LogP contribution in [0.4, 0.5) is 0 Å². The summed E-state index contributed by atoms with van der Waals surface area (Å²) in [5, 5.41) is -1.54. The molecule has 0 heterocycles. The highest BCUT2D eigenvalue weighted by Gasteiger charge is 2.35. The van der Waals surface area contributed by atoms with Gasteiger partial charge in [0.2, 0.25) is 0 Å². The molecule has 0 nitrogen and oxygen atoms in total. The third-order valence-electron chi connectivity index (χ3n) is 4.15. The van der Waals surface area contributed by atoms with Crippen LogP contribution in [0.25, 0.3) is 0 Å². The van der Waals surface area contributed by atoms with E-state index in [1.807, 2.05) is 0 Å². The summed E-state index contributed by atoms with van der Waals surface area (Å²) >= 11 is 12.7. The fourth-order valence-corrected chi connectivity index (χ4v) is 8.34. The molecule has 15 heavy (non-hydrogen) atoms. The van der Waals surface area contributed by atoms with Crippen molar-refractivity contribution in [1.82, 2.24) is 0 Å².